The maximum absolute atomic E-state index is 2.52. The van der Waals surface area contributed by atoms with Crippen LogP contribution in [-0.2, 0) is 10.8 Å². The van der Waals surface area contributed by atoms with Crippen LogP contribution in [0.4, 0.5) is 34.1 Å². The zero-order valence-corrected chi connectivity index (χ0v) is 68.6. The minimum Gasteiger partial charge on any atom is -0.309 e. The van der Waals surface area contributed by atoms with E-state index in [2.05, 4.69) is 474 Å². The number of nitrogens with zero attached hydrogens (tertiary/aromatic N) is 2. The SMILES string of the molecule is CC1(C)c2cc(N3c4ccccc4-c4cccc5c(C(c6ccc(-c7ccccc7)cc6)c6ccc(-c7ccccc7)cc6)ccc(c45)-c4ccccc43)ccc2-c2cc3ccccc3cc21.CC1(C)c2cc(N3c4ccccc4-c4cccc5c(C(c6ccccc6)c6ccccc6)ccc(c45)-c4ccccc43)ccc2-c2cc3ccccc3cc21. The Balaban J connectivity index is 0.000000144. The lowest BCUT2D eigenvalue weighted by atomic mass is 9.79. The maximum Gasteiger partial charge on any atom is 0.0540 e. The van der Waals surface area contributed by atoms with Crippen molar-refractivity contribution in [3.63, 3.8) is 0 Å². The van der Waals surface area contributed by atoms with Crippen molar-refractivity contribution < 1.29 is 0 Å². The van der Waals surface area contributed by atoms with Crippen molar-refractivity contribution in [2.24, 2.45) is 0 Å². The molecule has 2 nitrogen and oxygen atoms in total. The Kier molecular flexibility index (Phi) is 17.2. The van der Waals surface area contributed by atoms with Crippen LogP contribution < -0.4 is 9.80 Å². The Labute approximate surface area is 713 Å². The minimum atomic E-state index is -0.165. The molecule has 0 atom stereocenters. The summed E-state index contributed by atoms with van der Waals surface area (Å²) in [5.74, 6) is 0.0819. The molecule has 0 aromatic heterocycles. The van der Waals surface area contributed by atoms with Crippen LogP contribution in [0.3, 0.4) is 0 Å². The second-order valence-corrected chi connectivity index (χ2v) is 34.5. The molecule has 0 amide bonds. The molecule has 2 heteroatoms. The largest absolute Gasteiger partial charge is 0.309 e. The second-order valence-electron chi connectivity index (χ2n) is 34.5. The van der Waals surface area contributed by atoms with Gasteiger partial charge in [-0.05, 0) is 238 Å². The van der Waals surface area contributed by atoms with E-state index in [9.17, 15) is 0 Å². The summed E-state index contributed by atoms with van der Waals surface area (Å²) in [6, 6.07) is 163. The van der Waals surface area contributed by atoms with Gasteiger partial charge in [0.25, 0.3) is 0 Å². The van der Waals surface area contributed by atoms with Crippen LogP contribution in [-0.4, -0.2) is 0 Å². The van der Waals surface area contributed by atoms with Crippen LogP contribution in [0.5, 0.6) is 0 Å². The van der Waals surface area contributed by atoms with E-state index >= 15 is 0 Å². The molecular weight excluding hydrogens is 1470 g/mol. The number of anilines is 6. The Morgan fingerprint density at radius 3 is 0.820 bits per heavy atom. The van der Waals surface area contributed by atoms with E-state index in [4.69, 9.17) is 0 Å². The first kappa shape index (κ1) is 72.3. The summed E-state index contributed by atoms with van der Waals surface area (Å²) in [4.78, 5) is 5.02. The van der Waals surface area contributed by atoms with E-state index in [1.807, 2.05) is 0 Å². The number of fused-ring (bicyclic) bond motifs is 16. The molecule has 20 aromatic rings. The molecule has 20 aromatic carbocycles. The Morgan fingerprint density at radius 1 is 0.189 bits per heavy atom. The molecule has 2 aliphatic carbocycles. The quantitative estimate of drug-likeness (QED) is 0.126. The molecule has 576 valence electrons. The molecule has 0 fully saturated rings. The van der Waals surface area contributed by atoms with Crippen LogP contribution in [0.15, 0.2) is 437 Å². The summed E-state index contributed by atoms with van der Waals surface area (Å²) in [7, 11) is 0. The Morgan fingerprint density at radius 2 is 0.459 bits per heavy atom. The third kappa shape index (κ3) is 11.8. The van der Waals surface area contributed by atoms with Crippen molar-refractivity contribution in [1.29, 1.82) is 0 Å². The normalized spacial score (nSPS) is 13.3. The molecule has 0 saturated carbocycles. The molecule has 0 bridgehead atoms. The third-order valence-electron chi connectivity index (χ3n) is 27.0. The maximum atomic E-state index is 2.52. The van der Waals surface area contributed by atoms with Gasteiger partial charge in [0.1, 0.15) is 0 Å². The van der Waals surface area contributed by atoms with Gasteiger partial charge in [0.15, 0.2) is 0 Å². The highest BCUT2D eigenvalue weighted by Gasteiger charge is 2.40. The molecule has 0 radical (unpaired) electrons. The van der Waals surface area contributed by atoms with E-state index in [0.29, 0.717) is 0 Å². The standard InChI is InChI=1S/C66H47N.C54H39N/c1-66(2)60-41-50-21-10-9-20-49(50)40-59(60)52-37-36-51(42-61(52)66)67-62-26-13-11-22-53(62)55-24-15-25-56-58(39-38-57(65(55)56)54-23-12-14-27-63(54)67)64(47-32-28-45(29-33-47)43-16-5-3-6-17-43)48-34-30-46(31-35-48)44-18-7-4-8-19-44;1-54(2)48-33-38-21-10-9-20-37(38)32-47(48)40-29-28-39(34-49(40)54)55-50-26-13-11-22-41(50)43-24-15-25-44-46(31-30-45(53(43)44)42-23-12-14-27-51(42)55)52(35-16-5-3-6-17-35)36-18-7-4-8-19-36/h3-42,64H,1-2H3;3-34,52H,1-2H3. The smallest absolute Gasteiger partial charge is 0.0540 e. The second kappa shape index (κ2) is 28.9. The van der Waals surface area contributed by atoms with Gasteiger partial charge in [-0.3, -0.25) is 0 Å². The van der Waals surface area contributed by atoms with Gasteiger partial charge in [0, 0.05) is 56.3 Å². The van der Waals surface area contributed by atoms with Gasteiger partial charge in [0.05, 0.1) is 22.7 Å². The average Bonchev–Trinajstić information content (AvgIpc) is 1.58. The summed E-state index contributed by atoms with van der Waals surface area (Å²) >= 11 is 0. The molecule has 0 unspecified atom stereocenters. The molecule has 0 N–H and O–H groups in total. The van der Waals surface area contributed by atoms with Crippen LogP contribution in [0, 0.1) is 0 Å². The third-order valence-corrected chi connectivity index (χ3v) is 27.0. The van der Waals surface area contributed by atoms with Crippen molar-refractivity contribution >= 4 is 77.2 Å². The van der Waals surface area contributed by atoms with Crippen LogP contribution in [0.2, 0.25) is 0 Å². The van der Waals surface area contributed by atoms with Gasteiger partial charge < -0.3 is 9.80 Å². The zero-order chi connectivity index (χ0) is 81.3. The van der Waals surface area contributed by atoms with Crippen molar-refractivity contribution in [1.82, 2.24) is 0 Å². The summed E-state index contributed by atoms with van der Waals surface area (Å²) in [5, 5.41) is 10.3. The monoisotopic (exact) mass is 1550 g/mol. The highest BCUT2D eigenvalue weighted by molar-refractivity contribution is 6.16. The van der Waals surface area contributed by atoms with Crippen molar-refractivity contribution in [3.8, 4) is 89.0 Å². The van der Waals surface area contributed by atoms with Gasteiger partial charge in [-0.1, -0.05) is 392 Å². The zero-order valence-electron chi connectivity index (χ0n) is 68.6. The molecule has 2 aliphatic heterocycles. The fourth-order valence-corrected chi connectivity index (χ4v) is 21.1. The lowest BCUT2D eigenvalue weighted by Gasteiger charge is -2.33. The first-order chi connectivity index (χ1) is 60.1. The van der Waals surface area contributed by atoms with Crippen LogP contribution >= 0.6 is 0 Å². The number of hydrogen-bond acceptors (Lipinski definition) is 2. The summed E-state index contributed by atoms with van der Waals surface area (Å²) in [6.45, 7) is 9.56. The van der Waals surface area contributed by atoms with E-state index < -0.39 is 0 Å². The van der Waals surface area contributed by atoms with Crippen molar-refractivity contribution in [2.45, 2.75) is 50.4 Å². The highest BCUT2D eigenvalue weighted by Crippen LogP contribution is 2.59. The van der Waals surface area contributed by atoms with Crippen molar-refractivity contribution in [3.05, 3.63) is 492 Å². The first-order valence-electron chi connectivity index (χ1n) is 42.9. The first-order valence-corrected chi connectivity index (χ1v) is 42.9. The predicted molar refractivity (Wildman–Crippen MR) is 515 cm³/mol. The Hall–Kier alpha value is -15.0. The summed E-state index contributed by atoms with van der Waals surface area (Å²) < 4.78 is 0. The molecule has 0 saturated heterocycles. The average molecular weight is 1560 g/mol. The molecule has 24 rings (SSSR count). The minimum absolute atomic E-state index is 0.0112. The molecular formula is C120H86N2. The molecule has 2 heterocycles. The number of para-hydroxylation sites is 4. The fraction of sp³-hybridized carbons (Fsp3) is 0.0667. The van der Waals surface area contributed by atoms with Gasteiger partial charge >= 0.3 is 0 Å². The fourth-order valence-electron chi connectivity index (χ4n) is 21.1. The number of benzene rings is 20. The summed E-state index contributed by atoms with van der Waals surface area (Å²) in [6.07, 6.45) is 0. The van der Waals surface area contributed by atoms with E-state index in [1.165, 1.54) is 216 Å². The van der Waals surface area contributed by atoms with Crippen LogP contribution in [0.1, 0.15) is 95.2 Å². The van der Waals surface area contributed by atoms with E-state index in [-0.39, 0.29) is 22.7 Å². The predicted octanol–water partition coefficient (Wildman–Crippen LogP) is 32.5. The van der Waals surface area contributed by atoms with Gasteiger partial charge in [-0.25, -0.2) is 0 Å². The highest BCUT2D eigenvalue weighted by atomic mass is 15.2. The van der Waals surface area contributed by atoms with E-state index in [0.717, 1.165) is 5.69 Å². The van der Waals surface area contributed by atoms with Gasteiger partial charge in [-0.2, -0.15) is 0 Å². The lowest BCUT2D eigenvalue weighted by Crippen LogP contribution is -2.17. The Bertz CT molecular complexity index is 7320. The van der Waals surface area contributed by atoms with Crippen LogP contribution in [0.25, 0.3) is 132 Å². The molecule has 122 heavy (non-hydrogen) atoms. The topological polar surface area (TPSA) is 6.48 Å². The number of rotatable bonds is 10. The van der Waals surface area contributed by atoms with Gasteiger partial charge in [0.2, 0.25) is 0 Å². The van der Waals surface area contributed by atoms with Gasteiger partial charge in [-0.15, -0.1) is 0 Å². The molecule has 0 spiro atoms. The molecule has 4 aliphatic rings. The van der Waals surface area contributed by atoms with Crippen molar-refractivity contribution in [2.75, 3.05) is 9.80 Å². The summed E-state index contributed by atoms with van der Waals surface area (Å²) in [5.41, 5.74) is 40.1. The van der Waals surface area contributed by atoms with E-state index in [1.54, 1.807) is 0 Å². The lowest BCUT2D eigenvalue weighted by molar-refractivity contribution is 0.661. The number of hydrogen-bond donors (Lipinski definition) is 0.